The summed E-state index contributed by atoms with van der Waals surface area (Å²) in [7, 11) is 1.59. The zero-order chi connectivity index (χ0) is 20.1. The number of pyridine rings is 2. The van der Waals surface area contributed by atoms with Gasteiger partial charge < -0.3 is 9.64 Å². The topological polar surface area (TPSA) is 55.3 Å². The maximum absolute atomic E-state index is 12.3. The summed E-state index contributed by atoms with van der Waals surface area (Å²) in [5.74, 6) is 0.534. The van der Waals surface area contributed by atoms with Crippen LogP contribution in [0.1, 0.15) is 23.7 Å². The van der Waals surface area contributed by atoms with E-state index in [0.29, 0.717) is 12.4 Å². The van der Waals surface area contributed by atoms with Crippen LogP contribution in [0, 0.1) is 6.92 Å². The highest BCUT2D eigenvalue weighted by Gasteiger charge is 2.16. The lowest BCUT2D eigenvalue weighted by Gasteiger charge is -2.24. The number of hydrogen-bond acceptors (Lipinski definition) is 4. The van der Waals surface area contributed by atoms with Crippen molar-refractivity contribution in [2.24, 2.45) is 0 Å². The van der Waals surface area contributed by atoms with Gasteiger partial charge in [0.2, 0.25) is 11.8 Å². The summed E-state index contributed by atoms with van der Waals surface area (Å²) < 4.78 is 5.10. The molecule has 0 aliphatic rings. The highest BCUT2D eigenvalue weighted by atomic mass is 16.5. The molecule has 0 N–H and O–H groups in total. The molecule has 0 saturated heterocycles. The van der Waals surface area contributed by atoms with Gasteiger partial charge in [-0.25, -0.2) is 4.98 Å². The van der Waals surface area contributed by atoms with E-state index in [0.717, 1.165) is 33.8 Å². The van der Waals surface area contributed by atoms with Gasteiger partial charge >= 0.3 is 0 Å². The van der Waals surface area contributed by atoms with Crippen LogP contribution in [-0.4, -0.2) is 23.0 Å². The molecular weight excluding hydrogens is 350 g/mol. The fourth-order valence-electron chi connectivity index (χ4n) is 3.01. The number of amides is 1. The summed E-state index contributed by atoms with van der Waals surface area (Å²) in [5.41, 5.74) is 5.36. The van der Waals surface area contributed by atoms with Gasteiger partial charge in [0, 0.05) is 30.4 Å². The third-order valence-electron chi connectivity index (χ3n) is 4.59. The van der Waals surface area contributed by atoms with Crippen LogP contribution in [0.5, 0.6) is 5.88 Å². The molecular formula is C23H23N3O2. The lowest BCUT2D eigenvalue weighted by Crippen LogP contribution is -2.29. The summed E-state index contributed by atoms with van der Waals surface area (Å²) in [4.78, 5) is 23.0. The van der Waals surface area contributed by atoms with Crippen molar-refractivity contribution in [1.29, 1.82) is 0 Å². The molecule has 28 heavy (non-hydrogen) atoms. The van der Waals surface area contributed by atoms with Gasteiger partial charge in [-0.15, -0.1) is 0 Å². The van der Waals surface area contributed by atoms with Gasteiger partial charge in [0.15, 0.2) is 0 Å². The highest BCUT2D eigenvalue weighted by Crippen LogP contribution is 2.26. The van der Waals surface area contributed by atoms with Crippen LogP contribution in [0.3, 0.4) is 0 Å². The fourth-order valence-corrected chi connectivity index (χ4v) is 3.01. The largest absolute Gasteiger partial charge is 0.481 e. The Morgan fingerprint density at radius 3 is 2.57 bits per heavy atom. The van der Waals surface area contributed by atoms with E-state index in [2.05, 4.69) is 11.6 Å². The van der Waals surface area contributed by atoms with E-state index in [1.165, 1.54) is 0 Å². The molecule has 3 aromatic rings. The maximum atomic E-state index is 12.3. The molecule has 0 spiro atoms. The molecule has 5 nitrogen and oxygen atoms in total. The van der Waals surface area contributed by atoms with Crippen LogP contribution < -0.4 is 9.64 Å². The smallest absolute Gasteiger partial charge is 0.224 e. The third kappa shape index (κ3) is 4.09. The number of methoxy groups -OCH3 is 1. The van der Waals surface area contributed by atoms with E-state index in [1.807, 2.05) is 55.5 Å². The zero-order valence-electron chi connectivity index (χ0n) is 16.3. The van der Waals surface area contributed by atoms with Crippen molar-refractivity contribution >= 4 is 17.7 Å². The van der Waals surface area contributed by atoms with E-state index < -0.39 is 0 Å². The number of ether oxygens (including phenoxy) is 1. The summed E-state index contributed by atoms with van der Waals surface area (Å²) in [6.07, 6.45) is 3.50. The number of anilines is 1. The minimum absolute atomic E-state index is 0.0304. The Hall–Kier alpha value is -3.47. The third-order valence-corrected chi connectivity index (χ3v) is 4.59. The Kier molecular flexibility index (Phi) is 5.84. The zero-order valence-corrected chi connectivity index (χ0v) is 16.3. The van der Waals surface area contributed by atoms with Crippen LogP contribution in [0.25, 0.3) is 17.3 Å². The van der Waals surface area contributed by atoms with E-state index >= 15 is 0 Å². The number of nitrogens with zero attached hydrogens (tertiary/aromatic N) is 3. The Morgan fingerprint density at radius 2 is 1.96 bits per heavy atom. The summed E-state index contributed by atoms with van der Waals surface area (Å²) in [6, 6.07) is 15.4. The first-order valence-corrected chi connectivity index (χ1v) is 9.00. The number of carbonyl (C=O) groups excluding carboxylic acids is 1. The van der Waals surface area contributed by atoms with Crippen LogP contribution >= 0.6 is 0 Å². The van der Waals surface area contributed by atoms with Crippen molar-refractivity contribution in [2.75, 3.05) is 12.0 Å². The molecule has 2 aromatic heterocycles. The Bertz CT molecular complexity index is 997. The Labute approximate surface area is 165 Å². The van der Waals surface area contributed by atoms with E-state index in [-0.39, 0.29) is 5.91 Å². The fraction of sp³-hybridized carbons (Fsp3) is 0.174. The normalized spacial score (nSPS) is 10.4. The number of aromatic nitrogens is 2. The molecule has 1 aromatic carbocycles. The monoisotopic (exact) mass is 373 g/mol. The Morgan fingerprint density at radius 1 is 1.18 bits per heavy atom. The standard InChI is InChI=1S/C23H23N3O2/c1-5-18-8-6-7-9-22(18)26(17(3)27)15-20-10-12-21(25-16(20)2)19-11-13-23(28-4)24-14-19/h5-14H,1,15H2,2-4H3. The number of benzene rings is 1. The molecule has 0 aliphatic heterocycles. The van der Waals surface area contributed by atoms with Crippen molar-refractivity contribution in [2.45, 2.75) is 20.4 Å². The van der Waals surface area contributed by atoms with Crippen molar-refractivity contribution in [3.05, 3.63) is 78.1 Å². The second-order valence-corrected chi connectivity index (χ2v) is 6.40. The van der Waals surface area contributed by atoms with Crippen molar-refractivity contribution in [3.8, 4) is 17.1 Å². The second kappa shape index (κ2) is 8.48. The molecule has 0 unspecified atom stereocenters. The molecule has 3 rings (SSSR count). The van der Waals surface area contributed by atoms with E-state index in [9.17, 15) is 4.79 Å². The SMILES string of the molecule is C=Cc1ccccc1N(Cc1ccc(-c2ccc(OC)nc2)nc1C)C(C)=O. The minimum Gasteiger partial charge on any atom is -0.481 e. The predicted octanol–water partition coefficient (Wildman–Crippen LogP) is 4.66. The van der Waals surface area contributed by atoms with Crippen LogP contribution in [0.15, 0.2) is 61.3 Å². The van der Waals surface area contributed by atoms with Crippen LogP contribution in [0.4, 0.5) is 5.69 Å². The minimum atomic E-state index is -0.0304. The molecule has 0 bridgehead atoms. The van der Waals surface area contributed by atoms with Crippen molar-refractivity contribution < 1.29 is 9.53 Å². The molecule has 5 heteroatoms. The summed E-state index contributed by atoms with van der Waals surface area (Å²) >= 11 is 0. The van der Waals surface area contributed by atoms with Gasteiger partial charge in [-0.3, -0.25) is 9.78 Å². The summed E-state index contributed by atoms with van der Waals surface area (Å²) in [6.45, 7) is 7.82. The van der Waals surface area contributed by atoms with Crippen LogP contribution in [-0.2, 0) is 11.3 Å². The average Bonchev–Trinajstić information content (AvgIpc) is 2.72. The van der Waals surface area contributed by atoms with Crippen molar-refractivity contribution in [3.63, 3.8) is 0 Å². The predicted molar refractivity (Wildman–Crippen MR) is 112 cm³/mol. The van der Waals surface area contributed by atoms with Gasteiger partial charge in [0.25, 0.3) is 0 Å². The van der Waals surface area contributed by atoms with Gasteiger partial charge in [-0.2, -0.15) is 0 Å². The molecule has 0 fully saturated rings. The molecule has 1 amide bonds. The van der Waals surface area contributed by atoms with Crippen molar-refractivity contribution in [1.82, 2.24) is 9.97 Å². The second-order valence-electron chi connectivity index (χ2n) is 6.40. The van der Waals surface area contributed by atoms with Gasteiger partial charge in [-0.05, 0) is 36.2 Å². The number of hydrogen-bond donors (Lipinski definition) is 0. The van der Waals surface area contributed by atoms with Gasteiger partial charge in [0.05, 0.1) is 25.0 Å². The lowest BCUT2D eigenvalue weighted by molar-refractivity contribution is -0.116. The van der Waals surface area contributed by atoms with E-state index in [1.54, 1.807) is 31.2 Å². The molecule has 0 saturated carbocycles. The first-order valence-electron chi connectivity index (χ1n) is 9.00. The van der Waals surface area contributed by atoms with Gasteiger partial charge in [0.1, 0.15) is 0 Å². The maximum Gasteiger partial charge on any atom is 0.224 e. The molecule has 0 radical (unpaired) electrons. The Balaban J connectivity index is 1.90. The number of para-hydroxylation sites is 1. The number of rotatable bonds is 6. The van der Waals surface area contributed by atoms with Gasteiger partial charge in [-0.1, -0.05) is 36.9 Å². The first-order chi connectivity index (χ1) is 13.5. The lowest BCUT2D eigenvalue weighted by atomic mass is 10.1. The average molecular weight is 373 g/mol. The highest BCUT2D eigenvalue weighted by molar-refractivity contribution is 5.93. The quantitative estimate of drug-likeness (QED) is 0.631. The summed E-state index contributed by atoms with van der Waals surface area (Å²) in [5, 5.41) is 0. The molecule has 0 aliphatic carbocycles. The molecule has 142 valence electrons. The molecule has 2 heterocycles. The molecule has 0 atom stereocenters. The van der Waals surface area contributed by atoms with E-state index in [4.69, 9.17) is 9.72 Å². The number of aryl methyl sites for hydroxylation is 1. The number of carbonyl (C=O) groups is 1. The van der Waals surface area contributed by atoms with Crippen LogP contribution in [0.2, 0.25) is 0 Å². The first kappa shape index (κ1) is 19.3.